The molecule has 0 aromatic heterocycles. The second kappa shape index (κ2) is 25.6. The summed E-state index contributed by atoms with van der Waals surface area (Å²) < 4.78 is 0. The molecule has 1 aromatic rings. The second-order valence-corrected chi connectivity index (χ2v) is 16.0. The van der Waals surface area contributed by atoms with Crippen molar-refractivity contribution >= 4 is 54.3 Å². The minimum atomic E-state index is -0.714. The van der Waals surface area contributed by atoms with Crippen molar-refractivity contribution < 1.29 is 43.5 Å². The molecule has 2 saturated heterocycles. The molecule has 16 heteroatoms. The van der Waals surface area contributed by atoms with E-state index < -0.39 is 24.2 Å². The Morgan fingerprint density at radius 3 is 1.83 bits per heavy atom. The highest BCUT2D eigenvalue weighted by molar-refractivity contribution is 5.96. The average molecular weight is 816 g/mol. The summed E-state index contributed by atoms with van der Waals surface area (Å²) in [6.45, 7) is 12.7. The molecule has 0 saturated carbocycles. The summed E-state index contributed by atoms with van der Waals surface area (Å²) in [5.74, 6) is -0.726. The molecular weight excluding hydrogens is 747 g/mol. The van der Waals surface area contributed by atoms with Crippen LogP contribution in [-0.4, -0.2) is 152 Å². The minimum absolute atomic E-state index is 0.0406. The maximum absolute atomic E-state index is 14.0. The Hall–Kier alpha value is -4.70. The van der Waals surface area contributed by atoms with E-state index in [0.717, 1.165) is 18.1 Å². The summed E-state index contributed by atoms with van der Waals surface area (Å²) in [7, 11) is 8.88. The molecule has 0 radical (unpaired) electrons. The first-order valence-electron chi connectivity index (χ1n) is 20.2. The molecule has 3 N–H and O–H groups in total. The molecule has 0 aliphatic carbocycles. The van der Waals surface area contributed by atoms with Gasteiger partial charge in [0.05, 0.1) is 12.1 Å². The van der Waals surface area contributed by atoms with E-state index in [-0.39, 0.29) is 73.3 Å². The summed E-state index contributed by atoms with van der Waals surface area (Å²) in [6, 6.07) is 4.86. The number of carboxylic acid groups (broad SMARTS) is 1. The maximum atomic E-state index is 14.0. The van der Waals surface area contributed by atoms with Gasteiger partial charge in [0.25, 0.3) is 6.47 Å². The number of rotatable bonds is 17. The number of anilines is 1. The van der Waals surface area contributed by atoms with Gasteiger partial charge in [0.15, 0.2) is 0 Å². The quantitative estimate of drug-likeness (QED) is 0.196. The van der Waals surface area contributed by atoms with Crippen LogP contribution in [-0.2, 0) is 44.9 Å². The number of likely N-dealkylation sites (tertiary alicyclic amines) is 2. The number of likely N-dealkylation sites (N-methyl/N-ethyl adjacent to an activating group) is 3. The van der Waals surface area contributed by atoms with Gasteiger partial charge < -0.3 is 44.9 Å². The first kappa shape index (κ1) is 51.3. The summed E-state index contributed by atoms with van der Waals surface area (Å²) in [6.07, 6.45) is 4.45. The maximum Gasteiger partial charge on any atom is 0.290 e. The van der Waals surface area contributed by atoms with Gasteiger partial charge in [-0.3, -0.25) is 33.7 Å². The van der Waals surface area contributed by atoms with Gasteiger partial charge >= 0.3 is 0 Å². The van der Waals surface area contributed by atoms with E-state index in [4.69, 9.17) is 9.90 Å². The number of hydrogen-bond donors (Lipinski definition) is 3. The predicted octanol–water partition coefficient (Wildman–Crippen LogP) is 2.43. The SMILES string of the molecule is CC(C)C(C=O)N(C)C.CNC(C(=O)N(C)C(C(=O)N1CCCC1C(=O)N1CCCC1C(=O)NCc1ccc(N(C)C(=O)CCC=O)cc1)C(C)C)C(C)C.O=CO. The number of amides is 5. The average Bonchev–Trinajstić information content (AvgIpc) is 3.87. The number of benzene rings is 1. The van der Waals surface area contributed by atoms with Crippen LogP contribution in [0, 0.1) is 17.8 Å². The van der Waals surface area contributed by atoms with E-state index in [2.05, 4.69) is 10.6 Å². The normalized spacial score (nSPS) is 17.7. The third kappa shape index (κ3) is 14.6. The largest absolute Gasteiger partial charge is 0.483 e. The van der Waals surface area contributed by atoms with Gasteiger partial charge in [0.1, 0.15) is 30.7 Å². The topological polar surface area (TPSA) is 197 Å². The molecular formula is C42H69N7O9. The van der Waals surface area contributed by atoms with Crippen molar-refractivity contribution in [3.05, 3.63) is 29.8 Å². The van der Waals surface area contributed by atoms with Crippen LogP contribution in [0.3, 0.4) is 0 Å². The van der Waals surface area contributed by atoms with Crippen LogP contribution in [0.4, 0.5) is 5.69 Å². The number of nitrogens with one attached hydrogen (secondary N) is 2. The summed E-state index contributed by atoms with van der Waals surface area (Å²) in [5, 5.41) is 12.9. The Balaban J connectivity index is 0.00000122. The van der Waals surface area contributed by atoms with E-state index in [1.54, 1.807) is 43.1 Å². The van der Waals surface area contributed by atoms with E-state index in [9.17, 15) is 33.6 Å². The molecule has 58 heavy (non-hydrogen) atoms. The highest BCUT2D eigenvalue weighted by Crippen LogP contribution is 2.28. The first-order chi connectivity index (χ1) is 27.3. The lowest BCUT2D eigenvalue weighted by molar-refractivity contribution is -0.153. The Bertz CT molecular complexity index is 1490. The van der Waals surface area contributed by atoms with Gasteiger partial charge in [0, 0.05) is 52.3 Å². The second-order valence-electron chi connectivity index (χ2n) is 16.0. The van der Waals surface area contributed by atoms with Crippen molar-refractivity contribution in [2.45, 2.75) is 117 Å². The van der Waals surface area contributed by atoms with Gasteiger partial charge in [-0.2, -0.15) is 0 Å². The van der Waals surface area contributed by atoms with Gasteiger partial charge in [-0.1, -0.05) is 53.7 Å². The van der Waals surface area contributed by atoms with Crippen molar-refractivity contribution in [1.82, 2.24) is 30.2 Å². The summed E-state index contributed by atoms with van der Waals surface area (Å²) in [4.78, 5) is 104. The van der Waals surface area contributed by atoms with E-state index in [1.807, 2.05) is 72.7 Å². The minimum Gasteiger partial charge on any atom is -0.483 e. The number of carbonyl (C=O) groups excluding carboxylic acids is 7. The zero-order valence-corrected chi connectivity index (χ0v) is 36.5. The van der Waals surface area contributed by atoms with Crippen molar-refractivity contribution in [3.63, 3.8) is 0 Å². The molecule has 5 unspecified atom stereocenters. The molecule has 5 atom stereocenters. The van der Waals surface area contributed by atoms with Gasteiger partial charge in [-0.15, -0.1) is 0 Å². The summed E-state index contributed by atoms with van der Waals surface area (Å²) in [5.41, 5.74) is 1.52. The molecule has 1 aromatic carbocycles. The van der Waals surface area contributed by atoms with Crippen LogP contribution in [0.5, 0.6) is 0 Å². The molecule has 0 bridgehead atoms. The number of hydrogen-bond acceptors (Lipinski definition) is 10. The predicted molar refractivity (Wildman–Crippen MR) is 223 cm³/mol. The van der Waals surface area contributed by atoms with Crippen molar-refractivity contribution in [2.75, 3.05) is 53.2 Å². The number of nitrogens with zero attached hydrogens (tertiary/aromatic N) is 5. The lowest BCUT2D eigenvalue weighted by Crippen LogP contribution is -2.59. The Labute approximate surface area is 345 Å². The van der Waals surface area contributed by atoms with E-state index in [0.29, 0.717) is 50.4 Å². The standard InChI is InChI=1S/C34H52N6O6.C7H15NO.CH2O2/c1-22(2)29(35-5)33(45)38(7)30(23(3)4)34(46)40-19-9-12-27(40)32(44)39-18-8-11-26(39)31(43)36-21-24-14-16-25(17-15-24)37(6)28(42)13-10-20-41;1-6(2)7(5-9)8(3)4;2-1-3/h14-17,20,22-23,26-27,29-30,35H,8-13,18-19,21H2,1-7H3,(H,36,43);5-7H,1-4H3;1H,(H,2,3). The molecule has 326 valence electrons. The first-order valence-corrected chi connectivity index (χ1v) is 20.2. The van der Waals surface area contributed by atoms with Gasteiger partial charge in [-0.05, 0) is 82.3 Å². The van der Waals surface area contributed by atoms with Gasteiger partial charge in [0.2, 0.25) is 29.5 Å². The lowest BCUT2D eigenvalue weighted by Gasteiger charge is -2.38. The number of carbonyl (C=O) groups is 8. The molecule has 0 spiro atoms. The van der Waals surface area contributed by atoms with Crippen LogP contribution in [0.2, 0.25) is 0 Å². The van der Waals surface area contributed by atoms with Crippen molar-refractivity contribution in [2.24, 2.45) is 17.8 Å². The third-order valence-corrected chi connectivity index (χ3v) is 10.6. The van der Waals surface area contributed by atoms with Crippen LogP contribution < -0.4 is 15.5 Å². The fourth-order valence-corrected chi connectivity index (χ4v) is 7.46. The van der Waals surface area contributed by atoms with Crippen LogP contribution >= 0.6 is 0 Å². The van der Waals surface area contributed by atoms with Crippen LogP contribution in [0.15, 0.2) is 24.3 Å². The lowest BCUT2D eigenvalue weighted by atomic mass is 9.97. The van der Waals surface area contributed by atoms with E-state index in [1.165, 1.54) is 9.80 Å². The number of aldehydes is 2. The highest BCUT2D eigenvalue weighted by Gasteiger charge is 2.45. The van der Waals surface area contributed by atoms with Crippen molar-refractivity contribution in [1.29, 1.82) is 0 Å². The third-order valence-electron chi connectivity index (χ3n) is 10.6. The van der Waals surface area contributed by atoms with Gasteiger partial charge in [-0.25, -0.2) is 0 Å². The zero-order chi connectivity index (χ0) is 44.3. The highest BCUT2D eigenvalue weighted by atomic mass is 16.3. The monoisotopic (exact) mass is 816 g/mol. The Morgan fingerprint density at radius 1 is 0.828 bits per heavy atom. The Kier molecular flexibility index (Phi) is 22.7. The zero-order valence-electron chi connectivity index (χ0n) is 36.5. The van der Waals surface area contributed by atoms with Crippen molar-refractivity contribution in [3.8, 4) is 0 Å². The molecule has 3 rings (SSSR count). The van der Waals surface area contributed by atoms with Crippen LogP contribution in [0.1, 0.15) is 85.6 Å². The smallest absolute Gasteiger partial charge is 0.290 e. The summed E-state index contributed by atoms with van der Waals surface area (Å²) >= 11 is 0. The molecule has 16 nitrogen and oxygen atoms in total. The fourth-order valence-electron chi connectivity index (χ4n) is 7.46. The Morgan fingerprint density at radius 2 is 1.38 bits per heavy atom. The molecule has 2 heterocycles. The molecule has 2 aliphatic rings. The van der Waals surface area contributed by atoms with E-state index >= 15 is 0 Å². The van der Waals surface area contributed by atoms with Crippen LogP contribution in [0.25, 0.3) is 0 Å². The fraction of sp³-hybridized carbons (Fsp3) is 0.667. The molecule has 2 fully saturated rings. The molecule has 5 amide bonds. The molecule has 2 aliphatic heterocycles.